The van der Waals surface area contributed by atoms with Crippen LogP contribution in [0, 0.1) is 0 Å². The molecule has 0 radical (unpaired) electrons. The quantitative estimate of drug-likeness (QED) is 0.745. The van der Waals surface area contributed by atoms with Gasteiger partial charge in [-0.15, -0.1) is 0 Å². The smallest absolute Gasteiger partial charge is 0.261 e. The van der Waals surface area contributed by atoms with Gasteiger partial charge in [-0.3, -0.25) is 9.40 Å². The first-order valence-corrected chi connectivity index (χ1v) is 8.96. The van der Waals surface area contributed by atoms with Gasteiger partial charge in [0.15, 0.2) is 11.5 Å². The average molecular weight is 381 g/mol. The summed E-state index contributed by atoms with van der Waals surface area (Å²) in [6.45, 7) is 0. The summed E-state index contributed by atoms with van der Waals surface area (Å²) in [4.78, 5) is -0.0711. The van der Waals surface area contributed by atoms with Gasteiger partial charge in [0.05, 0.1) is 10.5 Å². The zero-order chi connectivity index (χ0) is 18.9. The molecule has 26 heavy (non-hydrogen) atoms. The molecule has 0 saturated heterocycles. The number of sulfonamides is 1. The molecule has 0 atom stereocenters. The van der Waals surface area contributed by atoms with E-state index in [4.69, 9.17) is 0 Å². The third-order valence-electron chi connectivity index (χ3n) is 3.66. The maximum atomic E-state index is 13.5. The van der Waals surface area contributed by atoms with Crippen LogP contribution in [-0.4, -0.2) is 18.2 Å². The van der Waals surface area contributed by atoms with Crippen molar-refractivity contribution in [2.75, 3.05) is 4.72 Å². The van der Waals surface area contributed by atoms with E-state index in [2.05, 4.69) is 9.82 Å². The molecule has 0 aliphatic heterocycles. The number of rotatable bonds is 4. The first-order valence-electron chi connectivity index (χ1n) is 7.47. The van der Waals surface area contributed by atoms with E-state index in [-0.39, 0.29) is 21.8 Å². The Labute approximate surface area is 148 Å². The van der Waals surface area contributed by atoms with Crippen LogP contribution in [0.2, 0.25) is 0 Å². The number of nitrogens with zero attached hydrogens (tertiary/aromatic N) is 2. The molecular weight excluding hydrogens is 367 g/mol. The minimum atomic E-state index is -4.70. The van der Waals surface area contributed by atoms with Gasteiger partial charge in [0.2, 0.25) is 0 Å². The molecule has 5 nitrogen and oxygen atoms in total. The third kappa shape index (κ3) is 3.43. The van der Waals surface area contributed by atoms with Gasteiger partial charge in [-0.1, -0.05) is 48.5 Å². The van der Waals surface area contributed by atoms with Crippen LogP contribution in [0.25, 0.3) is 11.1 Å². The molecule has 2 aromatic carbocycles. The minimum absolute atomic E-state index is 0.0711. The normalized spacial score (nSPS) is 12.2. The van der Waals surface area contributed by atoms with Gasteiger partial charge < -0.3 is 0 Å². The van der Waals surface area contributed by atoms with E-state index in [1.165, 1.54) is 36.4 Å². The predicted molar refractivity (Wildman–Crippen MR) is 90.9 cm³/mol. The molecule has 0 amide bonds. The molecule has 0 spiro atoms. The van der Waals surface area contributed by atoms with Crippen LogP contribution in [0.1, 0.15) is 5.69 Å². The second kappa shape index (κ2) is 6.49. The Morgan fingerprint density at radius 3 is 2.04 bits per heavy atom. The average Bonchev–Trinajstić information content (AvgIpc) is 2.92. The monoisotopic (exact) mass is 381 g/mol. The number of aromatic nitrogens is 2. The highest BCUT2D eigenvalue weighted by Crippen LogP contribution is 2.41. The van der Waals surface area contributed by atoms with Crippen molar-refractivity contribution in [3.63, 3.8) is 0 Å². The Balaban J connectivity index is 2.17. The molecule has 1 aromatic heterocycles. The van der Waals surface area contributed by atoms with Crippen LogP contribution < -0.4 is 4.72 Å². The Hall–Kier alpha value is -2.81. The molecule has 0 bridgehead atoms. The highest BCUT2D eigenvalue weighted by molar-refractivity contribution is 7.92. The van der Waals surface area contributed by atoms with E-state index in [9.17, 15) is 21.6 Å². The number of halogens is 3. The van der Waals surface area contributed by atoms with Gasteiger partial charge >= 0.3 is 6.18 Å². The minimum Gasteiger partial charge on any atom is -0.261 e. The molecule has 0 saturated carbocycles. The van der Waals surface area contributed by atoms with Crippen LogP contribution in [0.15, 0.2) is 65.6 Å². The van der Waals surface area contributed by atoms with E-state index in [0.29, 0.717) is 4.68 Å². The SMILES string of the molecule is Cn1nc(NS(=O)(=O)c2ccccc2)c(-c2ccccc2)c1C(F)(F)F. The number of anilines is 1. The molecule has 0 aliphatic rings. The number of hydrogen-bond donors (Lipinski definition) is 1. The standard InChI is InChI=1S/C17H14F3N3O2S/c1-23-15(17(18,19)20)14(12-8-4-2-5-9-12)16(21-23)22-26(24,25)13-10-6-3-7-11-13/h2-11H,1H3,(H,21,22). The zero-order valence-corrected chi connectivity index (χ0v) is 14.3. The fraction of sp³-hybridized carbons (Fsp3) is 0.118. The molecule has 3 aromatic rings. The number of aryl methyl sites for hydroxylation is 1. The van der Waals surface area contributed by atoms with Crippen LogP contribution in [0.4, 0.5) is 19.0 Å². The molecule has 1 N–H and O–H groups in total. The van der Waals surface area contributed by atoms with E-state index in [1.54, 1.807) is 24.3 Å². The number of benzene rings is 2. The van der Waals surface area contributed by atoms with Gasteiger partial charge in [0.1, 0.15) is 0 Å². The lowest BCUT2D eigenvalue weighted by Crippen LogP contribution is -2.14. The van der Waals surface area contributed by atoms with Crippen molar-refractivity contribution in [1.82, 2.24) is 9.78 Å². The van der Waals surface area contributed by atoms with E-state index in [0.717, 1.165) is 7.05 Å². The first-order chi connectivity index (χ1) is 12.2. The van der Waals surface area contributed by atoms with Crippen molar-refractivity contribution < 1.29 is 21.6 Å². The summed E-state index contributed by atoms with van der Waals surface area (Å²) >= 11 is 0. The lowest BCUT2D eigenvalue weighted by Gasteiger charge is -2.11. The third-order valence-corrected chi connectivity index (χ3v) is 5.02. The molecule has 0 fully saturated rings. The molecule has 0 unspecified atom stereocenters. The maximum absolute atomic E-state index is 13.5. The second-order valence-electron chi connectivity index (χ2n) is 5.48. The van der Waals surface area contributed by atoms with Crippen LogP contribution in [-0.2, 0) is 23.2 Å². The largest absolute Gasteiger partial charge is 0.433 e. The highest BCUT2D eigenvalue weighted by Gasteiger charge is 2.40. The van der Waals surface area contributed by atoms with Crippen molar-refractivity contribution >= 4 is 15.8 Å². The molecular formula is C17H14F3N3O2S. The summed E-state index contributed by atoms with van der Waals surface area (Å²) in [5.41, 5.74) is -1.15. The van der Waals surface area contributed by atoms with Crippen molar-refractivity contribution in [1.29, 1.82) is 0 Å². The lowest BCUT2D eigenvalue weighted by molar-refractivity contribution is -0.143. The van der Waals surface area contributed by atoms with Crippen molar-refractivity contribution in [3.8, 4) is 11.1 Å². The van der Waals surface area contributed by atoms with Gasteiger partial charge in [-0.2, -0.15) is 18.3 Å². The number of nitrogens with one attached hydrogen (secondary N) is 1. The molecule has 136 valence electrons. The number of alkyl halides is 3. The molecule has 3 rings (SSSR count). The Kier molecular flexibility index (Phi) is 4.49. The Morgan fingerprint density at radius 1 is 0.962 bits per heavy atom. The highest BCUT2D eigenvalue weighted by atomic mass is 32.2. The van der Waals surface area contributed by atoms with Gasteiger partial charge in [0.25, 0.3) is 10.0 Å². The van der Waals surface area contributed by atoms with E-state index < -0.39 is 21.9 Å². The van der Waals surface area contributed by atoms with Crippen molar-refractivity contribution in [2.24, 2.45) is 7.05 Å². The first kappa shape index (κ1) is 18.0. The summed E-state index contributed by atoms with van der Waals surface area (Å²) in [6.07, 6.45) is -4.70. The summed E-state index contributed by atoms with van der Waals surface area (Å²) in [5.74, 6) is -0.380. The lowest BCUT2D eigenvalue weighted by atomic mass is 10.1. The fourth-order valence-corrected chi connectivity index (χ4v) is 3.62. The van der Waals surface area contributed by atoms with Crippen LogP contribution >= 0.6 is 0 Å². The van der Waals surface area contributed by atoms with Gasteiger partial charge in [-0.05, 0) is 17.7 Å². The number of hydrogen-bond acceptors (Lipinski definition) is 3. The topological polar surface area (TPSA) is 64.0 Å². The van der Waals surface area contributed by atoms with Crippen molar-refractivity contribution in [3.05, 3.63) is 66.4 Å². The molecule has 0 aliphatic carbocycles. The Bertz CT molecular complexity index is 1010. The van der Waals surface area contributed by atoms with Crippen LogP contribution in [0.3, 0.4) is 0 Å². The summed E-state index contributed by atoms with van der Waals surface area (Å²) < 4.78 is 68.4. The Morgan fingerprint density at radius 2 is 1.50 bits per heavy atom. The summed E-state index contributed by atoms with van der Waals surface area (Å²) in [7, 11) is -2.97. The van der Waals surface area contributed by atoms with E-state index >= 15 is 0 Å². The van der Waals surface area contributed by atoms with Crippen LogP contribution in [0.5, 0.6) is 0 Å². The maximum Gasteiger partial charge on any atom is 0.433 e. The summed E-state index contributed by atoms with van der Waals surface area (Å²) in [5, 5.41) is 3.77. The van der Waals surface area contributed by atoms with Crippen molar-refractivity contribution in [2.45, 2.75) is 11.1 Å². The summed E-state index contributed by atoms with van der Waals surface area (Å²) in [6, 6.07) is 15.1. The zero-order valence-electron chi connectivity index (χ0n) is 13.5. The molecule has 1 heterocycles. The molecule has 9 heteroatoms. The second-order valence-corrected chi connectivity index (χ2v) is 7.16. The predicted octanol–water partition coefficient (Wildman–Crippen LogP) is 3.91. The van der Waals surface area contributed by atoms with Gasteiger partial charge in [0, 0.05) is 7.05 Å². The van der Waals surface area contributed by atoms with E-state index in [1.807, 2.05) is 0 Å². The van der Waals surface area contributed by atoms with Gasteiger partial charge in [-0.25, -0.2) is 8.42 Å². The fourth-order valence-electron chi connectivity index (χ4n) is 2.58.